The fourth-order valence-corrected chi connectivity index (χ4v) is 3.12. The maximum Gasteiger partial charge on any atom is 0.160 e. The molecular weight excluding hydrogens is 384 g/mol. The van der Waals surface area contributed by atoms with E-state index in [9.17, 15) is 0 Å². The number of nitrogens with zero attached hydrogens (tertiary/aromatic N) is 2. The molecule has 0 aliphatic carbocycles. The normalized spacial score (nSPS) is 10.2. The predicted molar refractivity (Wildman–Crippen MR) is 113 cm³/mol. The van der Waals surface area contributed by atoms with Gasteiger partial charge in [0.1, 0.15) is 0 Å². The number of rotatable bonds is 3. The summed E-state index contributed by atoms with van der Waals surface area (Å²) >= 11 is 3.54. The van der Waals surface area contributed by atoms with Crippen LogP contribution < -0.4 is 0 Å². The highest BCUT2D eigenvalue weighted by atomic mass is 79.9. The zero-order valence-electron chi connectivity index (χ0n) is 13.4. The van der Waals surface area contributed by atoms with E-state index in [1.165, 1.54) is 0 Å². The molecule has 0 amide bonds. The molecule has 1 aromatic heterocycles. The monoisotopic (exact) mass is 402 g/mol. The van der Waals surface area contributed by atoms with Gasteiger partial charge in [-0.25, -0.2) is 9.97 Å². The van der Waals surface area contributed by atoms with Crippen molar-refractivity contribution in [3.63, 3.8) is 0 Å². The lowest BCUT2D eigenvalue weighted by atomic mass is 10.1. The van der Waals surface area contributed by atoms with Gasteiger partial charge in [-0.1, -0.05) is 96.2 Å². The Kier molecular flexibility index (Phi) is 5.59. The van der Waals surface area contributed by atoms with Crippen molar-refractivity contribution < 1.29 is 0 Å². The van der Waals surface area contributed by atoms with Crippen LogP contribution in [0.1, 0.15) is 7.43 Å². The second kappa shape index (κ2) is 8.07. The van der Waals surface area contributed by atoms with Crippen molar-refractivity contribution in [2.45, 2.75) is 7.43 Å². The molecule has 0 saturated carbocycles. The molecule has 0 radical (unpaired) electrons. The predicted octanol–water partition coefficient (Wildman–Crippen LogP) is 6.88. The molecule has 4 rings (SSSR count). The summed E-state index contributed by atoms with van der Waals surface area (Å²) in [6.07, 6.45) is 0. The quantitative estimate of drug-likeness (QED) is 0.373. The summed E-state index contributed by atoms with van der Waals surface area (Å²) < 4.78 is 1.03. The van der Waals surface area contributed by atoms with Gasteiger partial charge in [0, 0.05) is 21.2 Å². The largest absolute Gasteiger partial charge is 0.228 e. The zero-order chi connectivity index (χ0) is 17.1. The van der Waals surface area contributed by atoms with Crippen LogP contribution in [0, 0.1) is 0 Å². The van der Waals surface area contributed by atoms with Crippen LogP contribution in [0.3, 0.4) is 0 Å². The second-order valence-corrected chi connectivity index (χ2v) is 6.62. The number of benzene rings is 3. The first kappa shape index (κ1) is 18.0. The van der Waals surface area contributed by atoms with Gasteiger partial charge in [0.25, 0.3) is 0 Å². The summed E-state index contributed by atoms with van der Waals surface area (Å²) in [6.45, 7) is 0. The van der Waals surface area contributed by atoms with Gasteiger partial charge in [0.05, 0.1) is 11.4 Å². The molecule has 0 saturated heterocycles. The van der Waals surface area contributed by atoms with Crippen molar-refractivity contribution in [3.8, 4) is 33.9 Å². The van der Waals surface area contributed by atoms with E-state index in [0.29, 0.717) is 0 Å². The molecular formula is C23H19BrN2. The molecule has 0 atom stereocenters. The topological polar surface area (TPSA) is 25.8 Å². The molecule has 0 aliphatic rings. The van der Waals surface area contributed by atoms with E-state index in [0.717, 1.165) is 38.4 Å². The molecule has 1 heterocycles. The van der Waals surface area contributed by atoms with Crippen LogP contribution in [0.25, 0.3) is 33.9 Å². The van der Waals surface area contributed by atoms with E-state index >= 15 is 0 Å². The molecule has 0 unspecified atom stereocenters. The summed E-state index contributed by atoms with van der Waals surface area (Å²) in [5.41, 5.74) is 4.99. The molecule has 128 valence electrons. The first-order valence-electron chi connectivity index (χ1n) is 8.05. The first-order valence-corrected chi connectivity index (χ1v) is 8.85. The van der Waals surface area contributed by atoms with Gasteiger partial charge in [-0.3, -0.25) is 0 Å². The van der Waals surface area contributed by atoms with Crippen molar-refractivity contribution in [1.29, 1.82) is 0 Å². The lowest BCUT2D eigenvalue weighted by Crippen LogP contribution is -1.95. The Morgan fingerprint density at radius 1 is 0.538 bits per heavy atom. The van der Waals surface area contributed by atoms with E-state index < -0.39 is 0 Å². The minimum Gasteiger partial charge on any atom is -0.228 e. The van der Waals surface area contributed by atoms with E-state index in [-0.39, 0.29) is 7.43 Å². The molecule has 0 N–H and O–H groups in total. The van der Waals surface area contributed by atoms with E-state index in [4.69, 9.17) is 9.97 Å². The van der Waals surface area contributed by atoms with Gasteiger partial charge < -0.3 is 0 Å². The van der Waals surface area contributed by atoms with Crippen LogP contribution in [0.4, 0.5) is 0 Å². The average Bonchev–Trinajstić information content (AvgIpc) is 2.69. The van der Waals surface area contributed by atoms with E-state index in [1.807, 2.05) is 66.7 Å². The van der Waals surface area contributed by atoms with Crippen molar-refractivity contribution >= 4 is 15.9 Å². The van der Waals surface area contributed by atoms with Crippen LogP contribution >= 0.6 is 15.9 Å². The fourth-order valence-electron chi connectivity index (χ4n) is 2.72. The number of halogens is 1. The van der Waals surface area contributed by atoms with Gasteiger partial charge in [-0.2, -0.15) is 0 Å². The lowest BCUT2D eigenvalue weighted by Gasteiger charge is -2.09. The maximum absolute atomic E-state index is 4.81. The summed E-state index contributed by atoms with van der Waals surface area (Å²) in [6, 6.07) is 30.5. The Balaban J connectivity index is 0.00000196. The van der Waals surface area contributed by atoms with Crippen LogP contribution in [0.15, 0.2) is 95.5 Å². The summed E-state index contributed by atoms with van der Waals surface area (Å²) in [5, 5.41) is 0. The van der Waals surface area contributed by atoms with Gasteiger partial charge in [0.15, 0.2) is 5.82 Å². The Bertz CT molecular complexity index is 941. The van der Waals surface area contributed by atoms with Crippen molar-refractivity contribution in [2.24, 2.45) is 0 Å². The van der Waals surface area contributed by atoms with Gasteiger partial charge in [-0.15, -0.1) is 0 Å². The van der Waals surface area contributed by atoms with Gasteiger partial charge >= 0.3 is 0 Å². The average molecular weight is 403 g/mol. The standard InChI is InChI=1S/C22H15BrN2.CH4/c23-19-13-7-12-18(14-19)21-15-20(16-8-3-1-4-9-16)24-22(25-21)17-10-5-2-6-11-17;/h1-15H;1H4. The van der Waals surface area contributed by atoms with Crippen molar-refractivity contribution in [2.75, 3.05) is 0 Å². The Morgan fingerprint density at radius 2 is 1.08 bits per heavy atom. The summed E-state index contributed by atoms with van der Waals surface area (Å²) in [4.78, 5) is 9.61. The van der Waals surface area contributed by atoms with Gasteiger partial charge in [0.2, 0.25) is 0 Å². The molecule has 4 aromatic rings. The molecule has 0 bridgehead atoms. The van der Waals surface area contributed by atoms with Gasteiger partial charge in [-0.05, 0) is 18.2 Å². The minimum absolute atomic E-state index is 0. The third-order valence-corrected chi connectivity index (χ3v) is 4.44. The van der Waals surface area contributed by atoms with Crippen LogP contribution in [-0.2, 0) is 0 Å². The summed E-state index contributed by atoms with van der Waals surface area (Å²) in [7, 11) is 0. The van der Waals surface area contributed by atoms with E-state index in [1.54, 1.807) is 0 Å². The Hall–Kier alpha value is -2.78. The molecule has 0 aliphatic heterocycles. The smallest absolute Gasteiger partial charge is 0.160 e. The number of hydrogen-bond donors (Lipinski definition) is 0. The van der Waals surface area contributed by atoms with Crippen LogP contribution in [-0.4, -0.2) is 9.97 Å². The van der Waals surface area contributed by atoms with Crippen LogP contribution in [0.5, 0.6) is 0 Å². The number of hydrogen-bond acceptors (Lipinski definition) is 2. The zero-order valence-corrected chi connectivity index (χ0v) is 15.0. The molecule has 26 heavy (non-hydrogen) atoms. The summed E-state index contributed by atoms with van der Waals surface area (Å²) in [5.74, 6) is 0.733. The van der Waals surface area contributed by atoms with Crippen molar-refractivity contribution in [3.05, 3.63) is 95.5 Å². The SMILES string of the molecule is Brc1cccc(-c2cc(-c3ccccc3)nc(-c3ccccc3)n2)c1.C. The molecule has 3 aromatic carbocycles. The second-order valence-electron chi connectivity index (χ2n) is 5.70. The highest BCUT2D eigenvalue weighted by molar-refractivity contribution is 9.10. The Morgan fingerprint density at radius 3 is 1.69 bits per heavy atom. The fraction of sp³-hybridized carbons (Fsp3) is 0.0435. The maximum atomic E-state index is 4.81. The molecule has 2 nitrogen and oxygen atoms in total. The lowest BCUT2D eigenvalue weighted by molar-refractivity contribution is 1.18. The Labute approximate surface area is 162 Å². The van der Waals surface area contributed by atoms with Crippen molar-refractivity contribution in [1.82, 2.24) is 9.97 Å². The van der Waals surface area contributed by atoms with Crippen LogP contribution in [0.2, 0.25) is 0 Å². The molecule has 0 spiro atoms. The highest BCUT2D eigenvalue weighted by Crippen LogP contribution is 2.28. The van der Waals surface area contributed by atoms with E-state index in [2.05, 4.69) is 40.2 Å². The number of aromatic nitrogens is 2. The third-order valence-electron chi connectivity index (χ3n) is 3.95. The first-order chi connectivity index (χ1) is 12.3. The minimum atomic E-state index is 0. The molecule has 3 heteroatoms. The molecule has 0 fully saturated rings. The third kappa shape index (κ3) is 3.89. The highest BCUT2D eigenvalue weighted by Gasteiger charge is 2.10.